The van der Waals surface area contributed by atoms with E-state index in [2.05, 4.69) is 0 Å². The lowest BCUT2D eigenvalue weighted by Gasteiger charge is -2.27. The predicted molar refractivity (Wildman–Crippen MR) is 63.7 cm³/mol. The number of aliphatic hydroxyl groups is 1. The van der Waals surface area contributed by atoms with Crippen molar-refractivity contribution in [3.63, 3.8) is 0 Å². The Bertz CT molecular complexity index is 366. The van der Waals surface area contributed by atoms with Crippen molar-refractivity contribution in [1.29, 1.82) is 0 Å². The maximum atomic E-state index is 9.56. The zero-order chi connectivity index (χ0) is 11.5. The van der Waals surface area contributed by atoms with E-state index in [4.69, 9.17) is 22.1 Å². The van der Waals surface area contributed by atoms with Crippen LogP contribution in [0.2, 0.25) is 5.02 Å². The summed E-state index contributed by atoms with van der Waals surface area (Å²) in [6.45, 7) is 0.194. The van der Waals surface area contributed by atoms with E-state index in [1.807, 2.05) is 0 Å². The fourth-order valence-electron chi connectivity index (χ4n) is 1.62. The molecule has 0 heterocycles. The van der Waals surface area contributed by atoms with Crippen LogP contribution in [0, 0.1) is 0 Å². The molecule has 0 saturated heterocycles. The normalized spacial score (nSPS) is 17.9. The standard InChI is InChI=1S/C12H16ClNO2/c13-10-6-8(11(15)7-14)4-5-12(10)16-9-2-1-3-9/h4-6,9,11,15H,1-3,7,14H2. The van der Waals surface area contributed by atoms with E-state index in [1.54, 1.807) is 18.2 Å². The number of hydrogen-bond donors (Lipinski definition) is 2. The summed E-state index contributed by atoms with van der Waals surface area (Å²) in [6, 6.07) is 5.32. The van der Waals surface area contributed by atoms with Crippen molar-refractivity contribution in [3.05, 3.63) is 28.8 Å². The van der Waals surface area contributed by atoms with Crippen LogP contribution in [0.25, 0.3) is 0 Å². The fraction of sp³-hybridized carbons (Fsp3) is 0.500. The Morgan fingerprint density at radius 2 is 2.25 bits per heavy atom. The summed E-state index contributed by atoms with van der Waals surface area (Å²) < 4.78 is 5.70. The van der Waals surface area contributed by atoms with Crippen molar-refractivity contribution in [2.45, 2.75) is 31.5 Å². The number of halogens is 1. The van der Waals surface area contributed by atoms with E-state index >= 15 is 0 Å². The van der Waals surface area contributed by atoms with Gasteiger partial charge in [-0.15, -0.1) is 0 Å². The number of benzene rings is 1. The van der Waals surface area contributed by atoms with E-state index in [0.717, 1.165) is 18.4 Å². The van der Waals surface area contributed by atoms with Gasteiger partial charge >= 0.3 is 0 Å². The van der Waals surface area contributed by atoms with E-state index in [1.165, 1.54) is 6.42 Å². The number of hydrogen-bond acceptors (Lipinski definition) is 3. The second kappa shape index (κ2) is 5.04. The Morgan fingerprint density at radius 1 is 1.50 bits per heavy atom. The van der Waals surface area contributed by atoms with Crippen molar-refractivity contribution in [3.8, 4) is 5.75 Å². The predicted octanol–water partition coefficient (Wildman–Crippen LogP) is 2.26. The molecule has 2 rings (SSSR count). The minimum absolute atomic E-state index is 0.194. The van der Waals surface area contributed by atoms with E-state index in [-0.39, 0.29) is 6.54 Å². The molecule has 0 aromatic heterocycles. The van der Waals surface area contributed by atoms with Crippen molar-refractivity contribution in [1.82, 2.24) is 0 Å². The maximum absolute atomic E-state index is 9.56. The number of ether oxygens (including phenoxy) is 1. The highest BCUT2D eigenvalue weighted by Crippen LogP contribution is 2.32. The average Bonchev–Trinajstić information content (AvgIpc) is 2.23. The van der Waals surface area contributed by atoms with Gasteiger partial charge in [-0.05, 0) is 37.0 Å². The third-order valence-electron chi connectivity index (χ3n) is 2.91. The Labute approximate surface area is 100 Å². The third kappa shape index (κ3) is 2.48. The lowest BCUT2D eigenvalue weighted by molar-refractivity contribution is 0.120. The fourth-order valence-corrected chi connectivity index (χ4v) is 1.86. The largest absolute Gasteiger partial charge is 0.489 e. The van der Waals surface area contributed by atoms with Gasteiger partial charge in [-0.25, -0.2) is 0 Å². The summed E-state index contributed by atoms with van der Waals surface area (Å²) in [6.07, 6.45) is 3.08. The Kier molecular flexibility index (Phi) is 3.69. The van der Waals surface area contributed by atoms with E-state index < -0.39 is 6.10 Å². The summed E-state index contributed by atoms with van der Waals surface area (Å²) >= 11 is 6.08. The van der Waals surface area contributed by atoms with Gasteiger partial charge in [-0.1, -0.05) is 17.7 Å². The zero-order valence-electron chi connectivity index (χ0n) is 9.03. The molecule has 1 aliphatic carbocycles. The van der Waals surface area contributed by atoms with Gasteiger partial charge in [0.25, 0.3) is 0 Å². The van der Waals surface area contributed by atoms with Crippen LogP contribution in [0.3, 0.4) is 0 Å². The smallest absolute Gasteiger partial charge is 0.138 e. The Hall–Kier alpha value is -0.770. The molecule has 1 aromatic carbocycles. The molecule has 3 N–H and O–H groups in total. The molecular formula is C12H16ClNO2. The topological polar surface area (TPSA) is 55.5 Å². The first kappa shape index (κ1) is 11.7. The van der Waals surface area contributed by atoms with Crippen LogP contribution in [0.5, 0.6) is 5.75 Å². The summed E-state index contributed by atoms with van der Waals surface area (Å²) in [4.78, 5) is 0. The minimum Gasteiger partial charge on any atom is -0.489 e. The van der Waals surface area contributed by atoms with Gasteiger partial charge in [0.1, 0.15) is 5.75 Å². The van der Waals surface area contributed by atoms with Gasteiger partial charge in [0.2, 0.25) is 0 Å². The van der Waals surface area contributed by atoms with Gasteiger partial charge in [0, 0.05) is 6.54 Å². The van der Waals surface area contributed by atoms with Crippen LogP contribution in [-0.4, -0.2) is 17.8 Å². The number of nitrogens with two attached hydrogens (primary N) is 1. The summed E-state index contributed by atoms with van der Waals surface area (Å²) in [5.41, 5.74) is 6.11. The highest BCUT2D eigenvalue weighted by atomic mass is 35.5. The maximum Gasteiger partial charge on any atom is 0.138 e. The number of aliphatic hydroxyl groups excluding tert-OH is 1. The molecule has 1 saturated carbocycles. The van der Waals surface area contributed by atoms with Gasteiger partial charge in [0.15, 0.2) is 0 Å². The van der Waals surface area contributed by atoms with Crippen LogP contribution in [-0.2, 0) is 0 Å². The van der Waals surface area contributed by atoms with Gasteiger partial charge in [-0.2, -0.15) is 0 Å². The molecule has 16 heavy (non-hydrogen) atoms. The molecular weight excluding hydrogens is 226 g/mol. The molecule has 0 bridgehead atoms. The summed E-state index contributed by atoms with van der Waals surface area (Å²) in [5, 5.41) is 10.1. The van der Waals surface area contributed by atoms with Crippen LogP contribution in [0.1, 0.15) is 30.9 Å². The minimum atomic E-state index is -0.657. The Balaban J connectivity index is 2.09. The first-order valence-electron chi connectivity index (χ1n) is 5.55. The lowest BCUT2D eigenvalue weighted by atomic mass is 9.96. The van der Waals surface area contributed by atoms with Gasteiger partial charge in [-0.3, -0.25) is 0 Å². The first-order chi connectivity index (χ1) is 7.70. The quantitative estimate of drug-likeness (QED) is 0.850. The van der Waals surface area contributed by atoms with E-state index in [9.17, 15) is 5.11 Å². The third-order valence-corrected chi connectivity index (χ3v) is 3.21. The molecule has 1 aromatic rings. The van der Waals surface area contributed by atoms with Crippen LogP contribution in [0.15, 0.2) is 18.2 Å². The second-order valence-corrected chi connectivity index (χ2v) is 4.52. The molecule has 0 spiro atoms. The van der Waals surface area contributed by atoms with Crippen molar-refractivity contribution < 1.29 is 9.84 Å². The SMILES string of the molecule is NCC(O)c1ccc(OC2CCC2)c(Cl)c1. The Morgan fingerprint density at radius 3 is 2.75 bits per heavy atom. The molecule has 0 amide bonds. The van der Waals surface area contributed by atoms with E-state index in [0.29, 0.717) is 16.9 Å². The van der Waals surface area contributed by atoms with Crippen molar-refractivity contribution in [2.24, 2.45) is 5.73 Å². The molecule has 1 fully saturated rings. The molecule has 1 aliphatic rings. The van der Waals surface area contributed by atoms with Gasteiger partial charge < -0.3 is 15.6 Å². The molecule has 4 heteroatoms. The molecule has 3 nitrogen and oxygen atoms in total. The molecule has 0 radical (unpaired) electrons. The van der Waals surface area contributed by atoms with Crippen molar-refractivity contribution in [2.75, 3.05) is 6.54 Å². The summed E-state index contributed by atoms with van der Waals surface area (Å²) in [7, 11) is 0. The van der Waals surface area contributed by atoms with Crippen LogP contribution >= 0.6 is 11.6 Å². The zero-order valence-corrected chi connectivity index (χ0v) is 9.78. The second-order valence-electron chi connectivity index (χ2n) is 4.11. The molecule has 88 valence electrons. The summed E-state index contributed by atoms with van der Waals surface area (Å²) in [5.74, 6) is 0.694. The average molecular weight is 242 g/mol. The van der Waals surface area contributed by atoms with Crippen LogP contribution < -0.4 is 10.5 Å². The molecule has 0 aliphatic heterocycles. The highest BCUT2D eigenvalue weighted by molar-refractivity contribution is 6.32. The van der Waals surface area contributed by atoms with Crippen LogP contribution in [0.4, 0.5) is 0 Å². The van der Waals surface area contributed by atoms with Gasteiger partial charge in [0.05, 0.1) is 17.2 Å². The first-order valence-corrected chi connectivity index (χ1v) is 5.92. The molecule has 1 unspecified atom stereocenters. The lowest BCUT2D eigenvalue weighted by Crippen LogP contribution is -2.24. The monoisotopic (exact) mass is 241 g/mol. The highest BCUT2D eigenvalue weighted by Gasteiger charge is 2.20. The molecule has 1 atom stereocenters. The van der Waals surface area contributed by atoms with Crippen molar-refractivity contribution >= 4 is 11.6 Å². The number of rotatable bonds is 4.